The van der Waals surface area contributed by atoms with E-state index in [1.165, 1.54) is 18.4 Å². The maximum absolute atomic E-state index is 12.7. The molecule has 4 aliphatic rings. The van der Waals surface area contributed by atoms with Crippen LogP contribution in [0.1, 0.15) is 104 Å². The minimum absolute atomic E-state index is 0.149. The average molecular weight is 730 g/mol. The van der Waals surface area contributed by atoms with Gasteiger partial charge in [-0.1, -0.05) is 17.3 Å². The van der Waals surface area contributed by atoms with Gasteiger partial charge in [0.2, 0.25) is 11.8 Å². The van der Waals surface area contributed by atoms with Crippen molar-refractivity contribution in [1.29, 1.82) is 0 Å². The van der Waals surface area contributed by atoms with Gasteiger partial charge in [0.1, 0.15) is 11.5 Å². The molecule has 1 saturated carbocycles. The molecule has 3 saturated heterocycles. The van der Waals surface area contributed by atoms with Crippen LogP contribution in [0.25, 0.3) is 21.9 Å². The first-order chi connectivity index (χ1) is 26.4. The molecule has 13 heteroatoms. The minimum atomic E-state index is -0.596. The molecule has 4 fully saturated rings. The molecule has 13 nitrogen and oxygen atoms in total. The number of imide groups is 1. The van der Waals surface area contributed by atoms with Gasteiger partial charge in [-0.15, -0.1) is 0 Å². The third kappa shape index (κ3) is 6.69. The highest BCUT2D eigenvalue weighted by Crippen LogP contribution is 2.41. The predicted molar refractivity (Wildman–Crippen MR) is 206 cm³/mol. The van der Waals surface area contributed by atoms with E-state index < -0.39 is 11.8 Å². The summed E-state index contributed by atoms with van der Waals surface area (Å²) in [6.45, 7) is 5.19. The summed E-state index contributed by atoms with van der Waals surface area (Å²) in [7, 11) is 0. The fourth-order valence-corrected chi connectivity index (χ4v) is 9.39. The van der Waals surface area contributed by atoms with Gasteiger partial charge in [0, 0.05) is 54.9 Å². The zero-order valence-corrected chi connectivity index (χ0v) is 30.5. The molecular formula is C41H47N9O4. The van der Waals surface area contributed by atoms with Gasteiger partial charge in [-0.3, -0.25) is 19.7 Å². The molecule has 4 N–H and O–H groups in total. The molecule has 280 valence electrons. The zero-order chi connectivity index (χ0) is 36.8. The summed E-state index contributed by atoms with van der Waals surface area (Å²) in [6.07, 6.45) is 13.8. The zero-order valence-electron chi connectivity index (χ0n) is 30.5. The number of piperidine rings is 3. The maximum Gasteiger partial charge on any atom is 0.271 e. The standard InChI is InChI=1S/C41H47N9O4/c42-39(52)38-40(45-34(23-43-38)49-17-2-1-3-18-49)44-28-7-5-26(6-8-28)27-14-19-48(20-15-27)24-25-4-9-29(22-25)50-21-16-30-32(50)11-12-33-36(30)37(47-54-33)31-10-13-35(51)46-41(31)53/h5-8,11-12,16,21,23,25,27,29,31H,1-4,9-10,13-15,17-20,22,24H2,(H2,42,52)(H,44,45)(H,46,51,53)/t25-,29+,31?/m1/s1. The summed E-state index contributed by atoms with van der Waals surface area (Å²) in [5, 5.41) is 12.0. The molecule has 54 heavy (non-hydrogen) atoms. The van der Waals surface area contributed by atoms with Gasteiger partial charge in [-0.2, -0.15) is 0 Å². The second-order valence-electron chi connectivity index (χ2n) is 15.7. The number of hydrogen-bond donors (Lipinski definition) is 3. The van der Waals surface area contributed by atoms with Gasteiger partial charge in [0.05, 0.1) is 17.5 Å². The van der Waals surface area contributed by atoms with Crippen molar-refractivity contribution in [3.63, 3.8) is 0 Å². The van der Waals surface area contributed by atoms with Crippen molar-refractivity contribution in [2.45, 2.75) is 82.1 Å². The highest BCUT2D eigenvalue weighted by molar-refractivity contribution is 6.09. The van der Waals surface area contributed by atoms with Crippen molar-refractivity contribution < 1.29 is 18.9 Å². The number of aromatic nitrogens is 4. The number of nitrogens with two attached hydrogens (primary N) is 1. The molecule has 5 aromatic rings. The Labute approximate surface area is 313 Å². The first-order valence-electron chi connectivity index (χ1n) is 19.6. The van der Waals surface area contributed by atoms with E-state index >= 15 is 0 Å². The molecule has 3 atom stereocenters. The highest BCUT2D eigenvalue weighted by Gasteiger charge is 2.34. The first-order valence-corrected chi connectivity index (χ1v) is 19.6. The number of fused-ring (bicyclic) bond motifs is 3. The first kappa shape index (κ1) is 34.5. The van der Waals surface area contributed by atoms with Crippen LogP contribution in [0.2, 0.25) is 0 Å². The van der Waals surface area contributed by atoms with E-state index in [1.807, 2.05) is 6.07 Å². The van der Waals surface area contributed by atoms with E-state index in [0.717, 1.165) is 99.0 Å². The molecule has 3 aliphatic heterocycles. The Morgan fingerprint density at radius 1 is 0.944 bits per heavy atom. The van der Waals surface area contributed by atoms with Crippen LogP contribution in [0, 0.1) is 5.92 Å². The van der Waals surface area contributed by atoms with Crippen molar-refractivity contribution in [3.8, 4) is 0 Å². The number of carbonyl (C=O) groups is 3. The van der Waals surface area contributed by atoms with E-state index in [2.05, 4.69) is 77.7 Å². The summed E-state index contributed by atoms with van der Waals surface area (Å²) < 4.78 is 8.07. The van der Waals surface area contributed by atoms with Crippen LogP contribution in [-0.2, 0) is 9.59 Å². The Bertz CT molecular complexity index is 2200. The molecule has 0 radical (unpaired) electrons. The lowest BCUT2D eigenvalue weighted by Gasteiger charge is -2.34. The largest absolute Gasteiger partial charge is 0.364 e. The van der Waals surface area contributed by atoms with Crippen LogP contribution in [0.5, 0.6) is 0 Å². The Hall–Kier alpha value is -5.30. The number of benzene rings is 2. The molecule has 9 rings (SSSR count). The molecule has 2 aromatic carbocycles. The number of anilines is 3. The monoisotopic (exact) mass is 729 g/mol. The van der Waals surface area contributed by atoms with E-state index in [0.29, 0.717) is 47.8 Å². The van der Waals surface area contributed by atoms with Gasteiger partial charge in [-0.05, 0) is 119 Å². The lowest BCUT2D eigenvalue weighted by molar-refractivity contribution is -0.134. The van der Waals surface area contributed by atoms with E-state index in [1.54, 1.807) is 6.20 Å². The molecule has 3 amide bonds. The fourth-order valence-electron chi connectivity index (χ4n) is 9.39. The summed E-state index contributed by atoms with van der Waals surface area (Å²) in [4.78, 5) is 50.6. The van der Waals surface area contributed by atoms with E-state index in [-0.39, 0.29) is 17.5 Å². The van der Waals surface area contributed by atoms with Crippen LogP contribution < -0.4 is 21.3 Å². The molecule has 3 aromatic heterocycles. The molecule has 1 aliphatic carbocycles. The third-order valence-electron chi connectivity index (χ3n) is 12.3. The summed E-state index contributed by atoms with van der Waals surface area (Å²) in [5.74, 6) is 0.720. The Balaban J connectivity index is 0.804. The average Bonchev–Trinajstić information content (AvgIpc) is 3.94. The normalized spacial score (nSPS) is 23.0. The second-order valence-corrected chi connectivity index (χ2v) is 15.7. The molecular weight excluding hydrogens is 683 g/mol. The lowest BCUT2D eigenvalue weighted by atomic mass is 9.89. The molecule has 0 bridgehead atoms. The minimum Gasteiger partial charge on any atom is -0.364 e. The van der Waals surface area contributed by atoms with Crippen LogP contribution in [0.15, 0.2) is 59.4 Å². The Kier molecular flexibility index (Phi) is 9.26. The number of primary amides is 1. The smallest absolute Gasteiger partial charge is 0.271 e. The van der Waals surface area contributed by atoms with Crippen LogP contribution in [0.4, 0.5) is 17.3 Å². The van der Waals surface area contributed by atoms with Crippen molar-refractivity contribution in [2.24, 2.45) is 11.7 Å². The Morgan fingerprint density at radius 2 is 1.76 bits per heavy atom. The number of carbonyl (C=O) groups excluding carboxylic acids is 3. The van der Waals surface area contributed by atoms with Crippen LogP contribution >= 0.6 is 0 Å². The van der Waals surface area contributed by atoms with Gasteiger partial charge in [-0.25, -0.2) is 9.97 Å². The summed E-state index contributed by atoms with van der Waals surface area (Å²) in [6, 6.07) is 15.1. The predicted octanol–water partition coefficient (Wildman–Crippen LogP) is 6.15. The van der Waals surface area contributed by atoms with Crippen molar-refractivity contribution in [3.05, 3.63) is 71.8 Å². The summed E-state index contributed by atoms with van der Waals surface area (Å²) >= 11 is 0. The maximum atomic E-state index is 12.7. The fraction of sp³-hybridized carbons (Fsp3) is 0.463. The molecule has 0 spiro atoms. The van der Waals surface area contributed by atoms with Crippen LogP contribution in [0.3, 0.4) is 0 Å². The van der Waals surface area contributed by atoms with Crippen molar-refractivity contribution >= 4 is 56.9 Å². The topological polar surface area (TPSA) is 165 Å². The van der Waals surface area contributed by atoms with Crippen LogP contribution in [-0.4, -0.2) is 75.0 Å². The van der Waals surface area contributed by atoms with E-state index in [9.17, 15) is 14.4 Å². The Morgan fingerprint density at radius 3 is 2.54 bits per heavy atom. The van der Waals surface area contributed by atoms with Gasteiger partial charge < -0.3 is 29.9 Å². The SMILES string of the molecule is NC(=O)c1ncc(N2CCCCC2)nc1Nc1ccc(C2CCN(C[C@@H]3CC[C@H](n4ccc5c6c(C7CCC(=O)NC7=O)noc6ccc54)C3)CC2)cc1. The van der Waals surface area contributed by atoms with Crippen molar-refractivity contribution in [1.82, 2.24) is 29.9 Å². The summed E-state index contributed by atoms with van der Waals surface area (Å²) in [5.41, 5.74) is 10.4. The third-order valence-corrected chi connectivity index (χ3v) is 12.3. The molecule has 6 heterocycles. The van der Waals surface area contributed by atoms with E-state index in [4.69, 9.17) is 15.2 Å². The second kappa shape index (κ2) is 14.5. The number of rotatable bonds is 9. The lowest BCUT2D eigenvalue weighted by Crippen LogP contribution is -2.39. The van der Waals surface area contributed by atoms with Gasteiger partial charge in [0.15, 0.2) is 17.1 Å². The quantitative estimate of drug-likeness (QED) is 0.150. The van der Waals surface area contributed by atoms with Gasteiger partial charge in [0.25, 0.3) is 5.91 Å². The number of hydrogen-bond acceptors (Lipinski definition) is 10. The molecule has 1 unspecified atom stereocenters. The number of nitrogens with one attached hydrogen (secondary N) is 2. The van der Waals surface area contributed by atoms with Crippen molar-refractivity contribution in [2.75, 3.05) is 42.9 Å². The highest BCUT2D eigenvalue weighted by atomic mass is 16.5. The number of nitrogens with zero attached hydrogens (tertiary/aromatic N) is 6. The number of amides is 3. The number of likely N-dealkylation sites (tertiary alicyclic amines) is 1. The van der Waals surface area contributed by atoms with Gasteiger partial charge >= 0.3 is 0 Å².